The molecule has 2 aliphatic rings. The molecule has 1 heterocycles. The molecule has 3 atom stereocenters. The molecule has 1 saturated heterocycles. The van der Waals surface area contributed by atoms with Crippen molar-refractivity contribution in [3.63, 3.8) is 0 Å². The van der Waals surface area contributed by atoms with E-state index in [2.05, 4.69) is 0 Å². The van der Waals surface area contributed by atoms with Crippen LogP contribution >= 0.6 is 0 Å². The third-order valence-corrected chi connectivity index (χ3v) is 5.71. The molecule has 0 aromatic heterocycles. The first kappa shape index (κ1) is 19.6. The molecule has 0 unspecified atom stereocenters. The molecule has 1 saturated carbocycles. The number of cyclic esters (lactones) is 1. The van der Waals surface area contributed by atoms with Crippen LogP contribution in [0.3, 0.4) is 0 Å². The van der Waals surface area contributed by atoms with Crippen LogP contribution in [0.2, 0.25) is 0 Å². The van der Waals surface area contributed by atoms with E-state index in [4.69, 9.17) is 4.74 Å². The fraction of sp³-hybridized carbons (Fsp3) is 0.619. The Balaban J connectivity index is 1.99. The number of phenolic OH excluding ortho intramolecular Hbond substituents is 1. The van der Waals surface area contributed by atoms with Gasteiger partial charge in [0, 0.05) is 5.92 Å². The first-order valence-electron chi connectivity index (χ1n) is 9.51. The summed E-state index contributed by atoms with van der Waals surface area (Å²) < 4.78 is 21.5. The first-order chi connectivity index (χ1) is 12.5. The molecule has 2 amide bonds. The van der Waals surface area contributed by atoms with E-state index in [0.29, 0.717) is 5.56 Å². The van der Waals surface area contributed by atoms with Gasteiger partial charge in [-0.1, -0.05) is 26.0 Å². The highest BCUT2D eigenvalue weighted by atomic mass is 19.1. The minimum atomic E-state index is -2.29. The molecule has 6 heteroatoms. The van der Waals surface area contributed by atoms with Crippen LogP contribution in [0.5, 0.6) is 5.75 Å². The zero-order chi connectivity index (χ0) is 20.1. The number of amides is 2. The predicted molar refractivity (Wildman–Crippen MR) is 99.1 cm³/mol. The van der Waals surface area contributed by atoms with Gasteiger partial charge >= 0.3 is 6.09 Å². The van der Waals surface area contributed by atoms with Crippen LogP contribution in [-0.4, -0.2) is 39.3 Å². The Morgan fingerprint density at radius 2 is 2.00 bits per heavy atom. The first-order valence-corrected chi connectivity index (χ1v) is 9.51. The van der Waals surface area contributed by atoms with Gasteiger partial charge in [0.05, 0.1) is 6.04 Å². The molecule has 0 bridgehead atoms. The van der Waals surface area contributed by atoms with E-state index in [1.807, 2.05) is 13.8 Å². The van der Waals surface area contributed by atoms with Gasteiger partial charge < -0.3 is 9.84 Å². The zero-order valence-electron chi connectivity index (χ0n) is 16.5. The second kappa shape index (κ2) is 6.50. The van der Waals surface area contributed by atoms with E-state index in [1.165, 1.54) is 19.1 Å². The van der Waals surface area contributed by atoms with Crippen molar-refractivity contribution in [3.8, 4) is 5.75 Å². The maximum absolute atomic E-state index is 16.1. The van der Waals surface area contributed by atoms with Crippen LogP contribution in [0.4, 0.5) is 9.18 Å². The molecular weight excluding hydrogens is 349 g/mol. The van der Waals surface area contributed by atoms with Gasteiger partial charge in [-0.25, -0.2) is 14.1 Å². The molecule has 148 valence electrons. The number of hydrogen-bond donors (Lipinski definition) is 1. The van der Waals surface area contributed by atoms with Gasteiger partial charge in [-0.3, -0.25) is 4.79 Å². The summed E-state index contributed by atoms with van der Waals surface area (Å²) in [6, 6.07) is 5.84. The molecule has 1 aromatic rings. The molecule has 3 rings (SSSR count). The largest absolute Gasteiger partial charge is 0.508 e. The maximum atomic E-state index is 16.1. The highest BCUT2D eigenvalue weighted by Gasteiger charge is 2.59. The van der Waals surface area contributed by atoms with Gasteiger partial charge in [-0.15, -0.1) is 0 Å². The fourth-order valence-corrected chi connectivity index (χ4v) is 4.61. The average Bonchev–Trinajstić information content (AvgIpc) is 3.31. The Kier molecular flexibility index (Phi) is 4.73. The Bertz CT molecular complexity index is 754. The minimum absolute atomic E-state index is 0.00915. The van der Waals surface area contributed by atoms with Crippen LogP contribution in [0, 0.1) is 11.8 Å². The molecule has 1 aliphatic heterocycles. The number of ether oxygens (including phenoxy) is 1. The normalized spacial score (nSPS) is 25.2. The highest BCUT2D eigenvalue weighted by Crippen LogP contribution is 2.51. The van der Waals surface area contributed by atoms with Crippen LogP contribution in [-0.2, 0) is 9.53 Å². The van der Waals surface area contributed by atoms with E-state index in [-0.39, 0.29) is 17.6 Å². The maximum Gasteiger partial charge on any atom is 0.417 e. The number of benzene rings is 1. The lowest BCUT2D eigenvalue weighted by molar-refractivity contribution is -0.144. The summed E-state index contributed by atoms with van der Waals surface area (Å²) in [5, 5.41) is 9.81. The van der Waals surface area contributed by atoms with Crippen molar-refractivity contribution in [2.75, 3.05) is 0 Å². The Morgan fingerprint density at radius 1 is 1.37 bits per heavy atom. The Morgan fingerprint density at radius 3 is 2.52 bits per heavy atom. The minimum Gasteiger partial charge on any atom is -0.508 e. The van der Waals surface area contributed by atoms with Crippen molar-refractivity contribution in [1.82, 2.24) is 4.90 Å². The van der Waals surface area contributed by atoms with Gasteiger partial charge in [0.15, 0.2) is 5.67 Å². The third kappa shape index (κ3) is 3.42. The summed E-state index contributed by atoms with van der Waals surface area (Å²) in [6.07, 6.45) is 0.839. The molecule has 2 fully saturated rings. The van der Waals surface area contributed by atoms with Gasteiger partial charge in [-0.05, 0) is 63.1 Å². The number of halogens is 1. The lowest BCUT2D eigenvalue weighted by Crippen LogP contribution is -2.55. The van der Waals surface area contributed by atoms with Gasteiger partial charge in [-0.2, -0.15) is 0 Å². The van der Waals surface area contributed by atoms with E-state index in [1.54, 1.807) is 26.0 Å². The van der Waals surface area contributed by atoms with Crippen molar-refractivity contribution >= 4 is 12.0 Å². The van der Waals surface area contributed by atoms with Gasteiger partial charge in [0.2, 0.25) is 0 Å². The number of rotatable bonds is 5. The summed E-state index contributed by atoms with van der Waals surface area (Å²) in [4.78, 5) is 26.7. The summed E-state index contributed by atoms with van der Waals surface area (Å²) in [5.41, 5.74) is -2.60. The summed E-state index contributed by atoms with van der Waals surface area (Å²) in [6.45, 7) is 8.51. The van der Waals surface area contributed by atoms with Crippen molar-refractivity contribution in [2.45, 2.75) is 70.7 Å². The van der Waals surface area contributed by atoms with Gasteiger partial charge in [0.25, 0.3) is 5.91 Å². The van der Waals surface area contributed by atoms with E-state index in [9.17, 15) is 14.7 Å². The fourth-order valence-electron chi connectivity index (χ4n) is 4.61. The second-order valence-corrected chi connectivity index (χ2v) is 8.82. The van der Waals surface area contributed by atoms with Crippen molar-refractivity contribution in [3.05, 3.63) is 29.8 Å². The SMILES string of the molecule is CC(C)[C@@H]1N(C(=O)[C@](C)(F)[C@H](c2cccc(O)c2)C2CC2)C(=O)OC1(C)C. The smallest absolute Gasteiger partial charge is 0.417 e. The summed E-state index contributed by atoms with van der Waals surface area (Å²) >= 11 is 0. The van der Waals surface area contributed by atoms with Crippen molar-refractivity contribution in [2.24, 2.45) is 11.8 Å². The van der Waals surface area contributed by atoms with Crippen LogP contribution in [0.1, 0.15) is 58.9 Å². The molecule has 5 nitrogen and oxygen atoms in total. The number of alkyl halides is 1. The lowest BCUT2D eigenvalue weighted by atomic mass is 9.79. The summed E-state index contributed by atoms with van der Waals surface area (Å²) in [5.74, 6) is -1.62. The monoisotopic (exact) mass is 377 g/mol. The molecule has 0 spiro atoms. The van der Waals surface area contributed by atoms with Crippen molar-refractivity contribution < 1.29 is 23.8 Å². The Labute approximate surface area is 159 Å². The third-order valence-electron chi connectivity index (χ3n) is 5.71. The molecule has 27 heavy (non-hydrogen) atoms. The number of aromatic hydroxyl groups is 1. The van der Waals surface area contributed by atoms with Crippen LogP contribution < -0.4 is 0 Å². The van der Waals surface area contributed by atoms with E-state index >= 15 is 4.39 Å². The quantitative estimate of drug-likeness (QED) is 0.826. The second-order valence-electron chi connectivity index (χ2n) is 8.82. The topological polar surface area (TPSA) is 66.8 Å². The molecule has 0 radical (unpaired) electrons. The predicted octanol–water partition coefficient (Wildman–Crippen LogP) is 4.40. The standard InChI is InChI=1S/C21H28FNO4/c1-12(2)17-20(3,4)27-19(26)23(17)18(25)21(5,22)16(13-9-10-13)14-7-6-8-15(24)11-14/h6-8,11-13,16-17,24H,9-10H2,1-5H3/t16-,17-,21+/m0/s1. The van der Waals surface area contributed by atoms with E-state index in [0.717, 1.165) is 17.7 Å². The van der Waals surface area contributed by atoms with E-state index < -0.39 is 35.2 Å². The zero-order valence-corrected chi connectivity index (χ0v) is 16.5. The number of nitrogens with zero attached hydrogens (tertiary/aromatic N) is 1. The molecule has 1 aromatic carbocycles. The Hall–Kier alpha value is -2.11. The average molecular weight is 377 g/mol. The van der Waals surface area contributed by atoms with Crippen molar-refractivity contribution in [1.29, 1.82) is 0 Å². The van der Waals surface area contributed by atoms with Crippen LogP contribution in [0.15, 0.2) is 24.3 Å². The number of imide groups is 1. The molecule has 1 N–H and O–H groups in total. The van der Waals surface area contributed by atoms with Gasteiger partial charge in [0.1, 0.15) is 11.4 Å². The number of carbonyl (C=O) groups is 2. The number of phenols is 1. The van der Waals surface area contributed by atoms with Crippen LogP contribution in [0.25, 0.3) is 0 Å². The number of carbonyl (C=O) groups excluding carboxylic acids is 2. The number of hydrogen-bond acceptors (Lipinski definition) is 4. The lowest BCUT2D eigenvalue weighted by Gasteiger charge is -2.36. The molecule has 1 aliphatic carbocycles. The summed E-state index contributed by atoms with van der Waals surface area (Å²) in [7, 11) is 0. The highest BCUT2D eigenvalue weighted by molar-refractivity contribution is 5.99. The molecular formula is C21H28FNO4.